The van der Waals surface area contributed by atoms with Gasteiger partial charge in [0.25, 0.3) is 0 Å². The molecule has 100 valence electrons. The van der Waals surface area contributed by atoms with E-state index in [0.717, 1.165) is 17.8 Å². The number of likely N-dealkylation sites (N-methyl/N-ethyl adjacent to an activating group) is 1. The van der Waals surface area contributed by atoms with Gasteiger partial charge in [-0.2, -0.15) is 0 Å². The van der Waals surface area contributed by atoms with Crippen LogP contribution in [0.2, 0.25) is 0 Å². The third-order valence-electron chi connectivity index (χ3n) is 5.15. The van der Waals surface area contributed by atoms with Crippen molar-refractivity contribution in [3.05, 3.63) is 0 Å². The van der Waals surface area contributed by atoms with Crippen molar-refractivity contribution < 1.29 is 4.74 Å². The first-order valence-electron chi connectivity index (χ1n) is 7.44. The summed E-state index contributed by atoms with van der Waals surface area (Å²) in [6, 6.07) is 0.579. The van der Waals surface area contributed by atoms with Crippen molar-refractivity contribution >= 4 is 0 Å². The summed E-state index contributed by atoms with van der Waals surface area (Å²) in [7, 11) is 2.11. The first-order valence-corrected chi connectivity index (χ1v) is 7.44. The maximum absolute atomic E-state index is 6.07. The van der Waals surface area contributed by atoms with Gasteiger partial charge in [0, 0.05) is 6.04 Å². The second-order valence-corrected chi connectivity index (χ2v) is 6.40. The average Bonchev–Trinajstić information content (AvgIpc) is 2.71. The SMILES string of the molecule is CNC(C1CCC(C)C(C)C1)C1CCC(C)O1. The lowest BCUT2D eigenvalue weighted by atomic mass is 9.72. The van der Waals surface area contributed by atoms with E-state index in [1.54, 1.807) is 0 Å². The van der Waals surface area contributed by atoms with Gasteiger partial charge in [0.2, 0.25) is 0 Å². The Hall–Kier alpha value is -0.0800. The minimum atomic E-state index is 0.459. The summed E-state index contributed by atoms with van der Waals surface area (Å²) in [6.45, 7) is 7.03. The highest BCUT2D eigenvalue weighted by atomic mass is 16.5. The molecule has 2 rings (SSSR count). The molecular formula is C15H29NO. The molecular weight excluding hydrogens is 210 g/mol. The van der Waals surface area contributed by atoms with Crippen LogP contribution >= 0.6 is 0 Å². The van der Waals surface area contributed by atoms with Crippen LogP contribution in [0.4, 0.5) is 0 Å². The van der Waals surface area contributed by atoms with Crippen molar-refractivity contribution in [1.82, 2.24) is 5.32 Å². The molecule has 0 bridgehead atoms. The largest absolute Gasteiger partial charge is 0.374 e. The fourth-order valence-electron chi connectivity index (χ4n) is 3.74. The Balaban J connectivity index is 1.94. The smallest absolute Gasteiger partial charge is 0.0735 e. The monoisotopic (exact) mass is 239 g/mol. The molecule has 1 saturated carbocycles. The number of hydrogen-bond donors (Lipinski definition) is 1. The van der Waals surface area contributed by atoms with Gasteiger partial charge >= 0.3 is 0 Å². The standard InChI is InChI=1S/C15H29NO/c1-10-5-7-13(9-11(10)2)15(16-4)14-8-6-12(3)17-14/h10-16H,5-9H2,1-4H3. The molecule has 2 nitrogen and oxygen atoms in total. The maximum Gasteiger partial charge on any atom is 0.0735 e. The Morgan fingerprint density at radius 3 is 2.29 bits per heavy atom. The van der Waals surface area contributed by atoms with E-state index in [4.69, 9.17) is 4.74 Å². The molecule has 0 radical (unpaired) electrons. The highest BCUT2D eigenvalue weighted by molar-refractivity contribution is 4.90. The molecule has 2 fully saturated rings. The summed E-state index contributed by atoms with van der Waals surface area (Å²) in [5.74, 6) is 2.61. The number of nitrogens with one attached hydrogen (secondary N) is 1. The summed E-state index contributed by atoms with van der Waals surface area (Å²) in [5.41, 5.74) is 0. The Morgan fingerprint density at radius 2 is 1.76 bits per heavy atom. The van der Waals surface area contributed by atoms with Gasteiger partial charge in [0.05, 0.1) is 12.2 Å². The van der Waals surface area contributed by atoms with Crippen LogP contribution in [0.25, 0.3) is 0 Å². The van der Waals surface area contributed by atoms with E-state index in [-0.39, 0.29) is 0 Å². The van der Waals surface area contributed by atoms with Crippen molar-refractivity contribution in [3.63, 3.8) is 0 Å². The minimum absolute atomic E-state index is 0.459. The molecule has 17 heavy (non-hydrogen) atoms. The first kappa shape index (κ1) is 13.4. The van der Waals surface area contributed by atoms with E-state index < -0.39 is 0 Å². The molecule has 6 unspecified atom stereocenters. The van der Waals surface area contributed by atoms with Gasteiger partial charge in [-0.3, -0.25) is 0 Å². The van der Waals surface area contributed by atoms with Crippen LogP contribution in [0.1, 0.15) is 52.9 Å². The van der Waals surface area contributed by atoms with E-state index in [2.05, 4.69) is 33.1 Å². The van der Waals surface area contributed by atoms with Gasteiger partial charge in [-0.15, -0.1) is 0 Å². The third kappa shape index (κ3) is 3.03. The molecule has 1 aliphatic carbocycles. The molecule has 1 heterocycles. The molecule has 1 saturated heterocycles. The summed E-state index contributed by atoms with van der Waals surface area (Å²) >= 11 is 0. The zero-order chi connectivity index (χ0) is 12.4. The minimum Gasteiger partial charge on any atom is -0.374 e. The molecule has 2 aliphatic rings. The Bertz CT molecular complexity index is 243. The molecule has 0 aromatic heterocycles. The second kappa shape index (κ2) is 5.71. The van der Waals surface area contributed by atoms with Crippen LogP contribution in [-0.4, -0.2) is 25.3 Å². The molecule has 6 atom stereocenters. The molecule has 0 aromatic carbocycles. The molecule has 1 aliphatic heterocycles. The lowest BCUT2D eigenvalue weighted by molar-refractivity contribution is 0.00746. The fourth-order valence-corrected chi connectivity index (χ4v) is 3.74. The predicted molar refractivity (Wildman–Crippen MR) is 72.1 cm³/mol. The van der Waals surface area contributed by atoms with E-state index in [0.29, 0.717) is 18.2 Å². The zero-order valence-electron chi connectivity index (χ0n) is 11.9. The predicted octanol–water partition coefficient (Wildman–Crippen LogP) is 3.21. The van der Waals surface area contributed by atoms with Gasteiger partial charge in [0.15, 0.2) is 0 Å². The maximum atomic E-state index is 6.07. The molecule has 0 spiro atoms. The van der Waals surface area contributed by atoms with Gasteiger partial charge < -0.3 is 10.1 Å². The number of ether oxygens (including phenoxy) is 1. The Labute approximate surface area is 107 Å². The van der Waals surface area contributed by atoms with Crippen molar-refractivity contribution in [3.8, 4) is 0 Å². The molecule has 1 N–H and O–H groups in total. The van der Waals surface area contributed by atoms with E-state index >= 15 is 0 Å². The van der Waals surface area contributed by atoms with Gasteiger partial charge in [-0.1, -0.05) is 20.3 Å². The van der Waals surface area contributed by atoms with Crippen molar-refractivity contribution in [2.75, 3.05) is 7.05 Å². The van der Waals surface area contributed by atoms with Crippen LogP contribution in [0.15, 0.2) is 0 Å². The molecule has 0 aromatic rings. The summed E-state index contributed by atoms with van der Waals surface area (Å²) < 4.78 is 6.07. The fraction of sp³-hybridized carbons (Fsp3) is 1.00. The third-order valence-corrected chi connectivity index (χ3v) is 5.15. The first-order chi connectivity index (χ1) is 8.11. The van der Waals surface area contributed by atoms with Crippen LogP contribution in [0, 0.1) is 17.8 Å². The summed E-state index contributed by atoms with van der Waals surface area (Å²) in [4.78, 5) is 0. The van der Waals surface area contributed by atoms with Crippen LogP contribution in [-0.2, 0) is 4.74 Å². The highest BCUT2D eigenvalue weighted by Crippen LogP contribution is 2.37. The number of rotatable bonds is 3. The molecule has 0 amide bonds. The lowest BCUT2D eigenvalue weighted by Crippen LogP contribution is -2.46. The molecule has 2 heteroatoms. The van der Waals surface area contributed by atoms with Gasteiger partial charge in [-0.25, -0.2) is 0 Å². The van der Waals surface area contributed by atoms with Gasteiger partial charge in [0.1, 0.15) is 0 Å². The second-order valence-electron chi connectivity index (χ2n) is 6.40. The normalized spacial score (nSPS) is 44.8. The Morgan fingerprint density at radius 1 is 1.00 bits per heavy atom. The summed E-state index contributed by atoms with van der Waals surface area (Å²) in [5, 5.41) is 3.54. The van der Waals surface area contributed by atoms with Crippen LogP contribution in [0.5, 0.6) is 0 Å². The topological polar surface area (TPSA) is 21.3 Å². The lowest BCUT2D eigenvalue weighted by Gasteiger charge is -2.38. The van der Waals surface area contributed by atoms with Crippen molar-refractivity contribution in [1.29, 1.82) is 0 Å². The quantitative estimate of drug-likeness (QED) is 0.816. The highest BCUT2D eigenvalue weighted by Gasteiger charge is 2.36. The summed E-state index contributed by atoms with van der Waals surface area (Å²) in [6.07, 6.45) is 7.56. The average molecular weight is 239 g/mol. The van der Waals surface area contributed by atoms with Crippen LogP contribution < -0.4 is 5.32 Å². The Kier molecular flexibility index (Phi) is 4.48. The van der Waals surface area contributed by atoms with E-state index in [1.165, 1.54) is 32.1 Å². The van der Waals surface area contributed by atoms with E-state index in [1.807, 2.05) is 0 Å². The van der Waals surface area contributed by atoms with Crippen molar-refractivity contribution in [2.45, 2.75) is 71.1 Å². The number of hydrogen-bond acceptors (Lipinski definition) is 2. The zero-order valence-corrected chi connectivity index (χ0v) is 11.9. The van der Waals surface area contributed by atoms with Crippen molar-refractivity contribution in [2.24, 2.45) is 17.8 Å². The van der Waals surface area contributed by atoms with E-state index in [9.17, 15) is 0 Å². The van der Waals surface area contributed by atoms with Gasteiger partial charge in [-0.05, 0) is 57.4 Å². The van der Waals surface area contributed by atoms with Crippen LogP contribution in [0.3, 0.4) is 0 Å².